The molecule has 2 fully saturated rings. The molecule has 3 aliphatic heterocycles. The normalized spacial score (nSPS) is 23.4. The van der Waals surface area contributed by atoms with Crippen molar-refractivity contribution >= 4 is 29.7 Å². The molecule has 1 N–H and O–H groups in total. The minimum absolute atomic E-state index is 0.0170. The van der Waals surface area contributed by atoms with Gasteiger partial charge in [0.2, 0.25) is 11.8 Å². The highest BCUT2D eigenvalue weighted by atomic mass is 19.1. The van der Waals surface area contributed by atoms with Gasteiger partial charge in [-0.15, -0.1) is 0 Å². The summed E-state index contributed by atoms with van der Waals surface area (Å²) in [6.45, 7) is 1.19. The number of benzene rings is 1. The van der Waals surface area contributed by atoms with Gasteiger partial charge in [-0.05, 0) is 31.4 Å². The Morgan fingerprint density at radius 2 is 1.85 bits per heavy atom. The molecule has 8 heteroatoms. The van der Waals surface area contributed by atoms with Crippen molar-refractivity contribution in [2.45, 2.75) is 38.3 Å². The van der Waals surface area contributed by atoms with Gasteiger partial charge in [-0.2, -0.15) is 0 Å². The lowest BCUT2D eigenvalue weighted by atomic mass is 9.97. The minimum Gasteiger partial charge on any atom is -0.369 e. The van der Waals surface area contributed by atoms with Gasteiger partial charge in [-0.25, -0.2) is 4.39 Å². The van der Waals surface area contributed by atoms with Crippen LogP contribution in [-0.4, -0.2) is 48.0 Å². The Morgan fingerprint density at radius 3 is 2.52 bits per heavy atom. The zero-order valence-electron chi connectivity index (χ0n) is 14.7. The van der Waals surface area contributed by atoms with Gasteiger partial charge < -0.3 is 14.6 Å². The first-order valence-electron chi connectivity index (χ1n) is 9.16. The zero-order valence-corrected chi connectivity index (χ0v) is 14.7. The predicted molar refractivity (Wildman–Crippen MR) is 93.4 cm³/mol. The topological polar surface area (TPSA) is 86.8 Å². The third-order valence-corrected chi connectivity index (χ3v) is 5.70. The summed E-state index contributed by atoms with van der Waals surface area (Å²) in [4.78, 5) is 50.3. The summed E-state index contributed by atoms with van der Waals surface area (Å²) in [5.41, 5.74) is 0.986. The van der Waals surface area contributed by atoms with Crippen LogP contribution in [-0.2, 0) is 20.9 Å². The first kappa shape index (κ1) is 17.6. The standard InChI is InChI=1S/C19H20FN3O4/c20-17-13-9-23(15-3-4-16(25)21-18(15)26)19(27)12(13)1-2-14(17)22-7-5-11(10-24)6-8-22/h1-2,10-11,15H,3-9H2,(H,21,25,26). The Labute approximate surface area is 155 Å². The number of amides is 3. The number of halogens is 1. The van der Waals surface area contributed by atoms with Gasteiger partial charge in [0.05, 0.1) is 12.2 Å². The van der Waals surface area contributed by atoms with E-state index in [0.29, 0.717) is 37.2 Å². The van der Waals surface area contributed by atoms with Crippen molar-refractivity contribution in [2.75, 3.05) is 18.0 Å². The summed E-state index contributed by atoms with van der Waals surface area (Å²) >= 11 is 0. The molecule has 3 heterocycles. The lowest BCUT2D eigenvalue weighted by Gasteiger charge is -2.32. The van der Waals surface area contributed by atoms with Crippen LogP contribution in [0.2, 0.25) is 0 Å². The van der Waals surface area contributed by atoms with Crippen LogP contribution in [0.15, 0.2) is 12.1 Å². The van der Waals surface area contributed by atoms with E-state index in [-0.39, 0.29) is 42.7 Å². The van der Waals surface area contributed by atoms with Crippen LogP contribution in [0.1, 0.15) is 41.6 Å². The fourth-order valence-corrected chi connectivity index (χ4v) is 4.11. The maximum absolute atomic E-state index is 15.2. The van der Waals surface area contributed by atoms with E-state index >= 15 is 4.39 Å². The lowest BCUT2D eigenvalue weighted by Crippen LogP contribution is -2.52. The molecule has 7 nitrogen and oxygen atoms in total. The monoisotopic (exact) mass is 373 g/mol. The molecule has 0 spiro atoms. The van der Waals surface area contributed by atoms with E-state index < -0.39 is 17.8 Å². The molecule has 0 aromatic heterocycles. The number of imide groups is 1. The van der Waals surface area contributed by atoms with Gasteiger partial charge in [0.25, 0.3) is 5.91 Å². The van der Waals surface area contributed by atoms with Crippen LogP contribution in [0.4, 0.5) is 10.1 Å². The molecule has 0 aliphatic carbocycles. The number of aldehydes is 1. The quantitative estimate of drug-likeness (QED) is 0.631. The molecule has 1 aromatic rings. The summed E-state index contributed by atoms with van der Waals surface area (Å²) in [5.74, 6) is -1.68. The van der Waals surface area contributed by atoms with E-state index in [1.54, 1.807) is 12.1 Å². The second-order valence-corrected chi connectivity index (χ2v) is 7.29. The predicted octanol–water partition coefficient (Wildman–Crippen LogP) is 1.00. The second kappa shape index (κ2) is 6.75. The van der Waals surface area contributed by atoms with E-state index in [9.17, 15) is 19.2 Å². The van der Waals surface area contributed by atoms with Crippen LogP contribution < -0.4 is 10.2 Å². The highest BCUT2D eigenvalue weighted by molar-refractivity contribution is 6.05. The highest BCUT2D eigenvalue weighted by Crippen LogP contribution is 2.34. The molecule has 0 radical (unpaired) electrons. The average Bonchev–Trinajstić information content (AvgIpc) is 3.00. The molecule has 3 amide bonds. The molecule has 0 bridgehead atoms. The van der Waals surface area contributed by atoms with E-state index in [1.807, 2.05) is 4.90 Å². The van der Waals surface area contributed by atoms with Crippen molar-refractivity contribution in [3.05, 3.63) is 29.1 Å². The van der Waals surface area contributed by atoms with E-state index in [1.165, 1.54) is 4.90 Å². The second-order valence-electron chi connectivity index (χ2n) is 7.29. The van der Waals surface area contributed by atoms with Gasteiger partial charge in [0.1, 0.15) is 12.3 Å². The number of carbonyl (C=O) groups is 4. The van der Waals surface area contributed by atoms with Crippen molar-refractivity contribution in [1.82, 2.24) is 10.2 Å². The lowest BCUT2D eigenvalue weighted by molar-refractivity contribution is -0.137. The van der Waals surface area contributed by atoms with Crippen molar-refractivity contribution in [3.8, 4) is 0 Å². The van der Waals surface area contributed by atoms with Crippen LogP contribution in [0.25, 0.3) is 0 Å². The van der Waals surface area contributed by atoms with E-state index in [4.69, 9.17) is 0 Å². The Hall–Kier alpha value is -2.77. The number of carbonyl (C=O) groups excluding carboxylic acids is 4. The fraction of sp³-hybridized carbons (Fsp3) is 0.474. The number of anilines is 1. The van der Waals surface area contributed by atoms with Crippen molar-refractivity contribution in [1.29, 1.82) is 0 Å². The van der Waals surface area contributed by atoms with Gasteiger partial charge in [0.15, 0.2) is 5.82 Å². The smallest absolute Gasteiger partial charge is 0.255 e. The van der Waals surface area contributed by atoms with E-state index in [2.05, 4.69) is 5.32 Å². The number of rotatable bonds is 3. The summed E-state index contributed by atoms with van der Waals surface area (Å²) in [6.07, 6.45) is 2.73. The zero-order chi connectivity index (χ0) is 19.1. The summed E-state index contributed by atoms with van der Waals surface area (Å²) < 4.78 is 15.2. The Morgan fingerprint density at radius 1 is 1.11 bits per heavy atom. The van der Waals surface area contributed by atoms with Crippen LogP contribution in [0.5, 0.6) is 0 Å². The van der Waals surface area contributed by atoms with Gasteiger partial charge >= 0.3 is 0 Å². The number of hydrogen-bond acceptors (Lipinski definition) is 5. The molecular weight excluding hydrogens is 353 g/mol. The number of fused-ring (bicyclic) bond motifs is 1. The third-order valence-electron chi connectivity index (χ3n) is 5.70. The molecule has 3 aliphatic rings. The number of nitrogens with one attached hydrogen (secondary N) is 1. The summed E-state index contributed by atoms with van der Waals surface area (Å²) in [6, 6.07) is 2.45. The molecule has 1 atom stereocenters. The fourth-order valence-electron chi connectivity index (χ4n) is 4.11. The van der Waals surface area contributed by atoms with E-state index in [0.717, 1.165) is 6.29 Å². The molecule has 1 unspecified atom stereocenters. The maximum Gasteiger partial charge on any atom is 0.255 e. The van der Waals surface area contributed by atoms with Crippen molar-refractivity contribution < 1.29 is 23.6 Å². The van der Waals surface area contributed by atoms with Gasteiger partial charge in [-0.3, -0.25) is 19.7 Å². The van der Waals surface area contributed by atoms with Crippen LogP contribution >= 0.6 is 0 Å². The van der Waals surface area contributed by atoms with Gasteiger partial charge in [-0.1, -0.05) is 0 Å². The average molecular weight is 373 g/mol. The molecule has 142 valence electrons. The molecule has 0 saturated carbocycles. The third kappa shape index (κ3) is 2.98. The molecule has 27 heavy (non-hydrogen) atoms. The number of piperidine rings is 2. The van der Waals surface area contributed by atoms with Gasteiger partial charge in [0, 0.05) is 36.6 Å². The highest BCUT2D eigenvalue weighted by Gasteiger charge is 2.40. The first-order valence-corrected chi connectivity index (χ1v) is 9.16. The van der Waals surface area contributed by atoms with Crippen molar-refractivity contribution in [3.63, 3.8) is 0 Å². The molecule has 2 saturated heterocycles. The Bertz CT molecular complexity index is 832. The summed E-state index contributed by atoms with van der Waals surface area (Å²) in [5, 5.41) is 2.24. The Balaban J connectivity index is 1.57. The molecule has 1 aromatic carbocycles. The largest absolute Gasteiger partial charge is 0.369 e. The minimum atomic E-state index is -0.756. The summed E-state index contributed by atoms with van der Waals surface area (Å²) in [7, 11) is 0. The van der Waals surface area contributed by atoms with Crippen LogP contribution in [0.3, 0.4) is 0 Å². The van der Waals surface area contributed by atoms with Crippen LogP contribution in [0, 0.1) is 11.7 Å². The Kier molecular flexibility index (Phi) is 4.41. The first-order chi connectivity index (χ1) is 13.0. The maximum atomic E-state index is 15.2. The molecular formula is C19H20FN3O4. The SMILES string of the molecule is O=CC1CCN(c2ccc3c(c2F)CN(C2CCC(=O)NC2=O)C3=O)CC1. The van der Waals surface area contributed by atoms with Crippen molar-refractivity contribution in [2.24, 2.45) is 5.92 Å². The molecule has 4 rings (SSSR count). The number of nitrogens with zero attached hydrogens (tertiary/aromatic N) is 2. The number of hydrogen-bond donors (Lipinski definition) is 1.